The van der Waals surface area contributed by atoms with Crippen LogP contribution in [0.25, 0.3) is 0 Å². The zero-order valence-electron chi connectivity index (χ0n) is 9.23. The molecule has 1 aromatic rings. The van der Waals surface area contributed by atoms with Crippen molar-refractivity contribution < 1.29 is 4.79 Å². The molecule has 0 unspecified atom stereocenters. The third-order valence-electron chi connectivity index (χ3n) is 2.47. The van der Waals surface area contributed by atoms with E-state index in [0.717, 1.165) is 5.56 Å². The molecule has 3 nitrogen and oxygen atoms in total. The molecule has 3 heteroatoms. The third kappa shape index (κ3) is 3.36. The normalized spacial score (nSPS) is 12.8. The Labute approximate surface area is 90.5 Å². The van der Waals surface area contributed by atoms with Crippen molar-refractivity contribution in [2.45, 2.75) is 32.2 Å². The molecule has 15 heavy (non-hydrogen) atoms. The molecule has 0 saturated heterocycles. The van der Waals surface area contributed by atoms with Gasteiger partial charge in [-0.2, -0.15) is 0 Å². The van der Waals surface area contributed by atoms with Crippen molar-refractivity contribution in [3.8, 4) is 0 Å². The lowest BCUT2D eigenvalue weighted by atomic mass is 9.99. The van der Waals surface area contributed by atoms with E-state index in [-0.39, 0.29) is 0 Å². The third-order valence-corrected chi connectivity index (χ3v) is 2.47. The number of carbonyl (C=O) groups excluding carboxylic acids is 1. The van der Waals surface area contributed by atoms with E-state index in [9.17, 15) is 4.79 Å². The van der Waals surface area contributed by atoms with Gasteiger partial charge in [0.05, 0.1) is 6.04 Å². The predicted octanol–water partition coefficient (Wildman–Crippen LogP) is 1.17. The number of amides is 1. The number of primary amides is 1. The Bertz CT molecular complexity index is 330. The highest BCUT2D eigenvalue weighted by molar-refractivity contribution is 5.79. The van der Waals surface area contributed by atoms with Crippen molar-refractivity contribution in [1.29, 1.82) is 0 Å². The quantitative estimate of drug-likeness (QED) is 0.776. The number of hydrogen-bond acceptors (Lipinski definition) is 2. The monoisotopic (exact) mass is 206 g/mol. The number of carbonyl (C=O) groups is 1. The van der Waals surface area contributed by atoms with Gasteiger partial charge in [0.15, 0.2) is 0 Å². The summed E-state index contributed by atoms with van der Waals surface area (Å²) in [5, 5.41) is 0. The van der Waals surface area contributed by atoms with Crippen LogP contribution in [0.15, 0.2) is 24.3 Å². The SMILES string of the molecule is CC(C)c1ccc(C[C@@H](N)C(N)=O)cc1. The van der Waals surface area contributed by atoms with Crippen LogP contribution in [0.2, 0.25) is 0 Å². The van der Waals surface area contributed by atoms with Crippen LogP contribution in [0.5, 0.6) is 0 Å². The molecule has 4 N–H and O–H groups in total. The minimum absolute atomic E-state index is 0.456. The second-order valence-corrected chi connectivity index (χ2v) is 4.11. The van der Waals surface area contributed by atoms with Crippen molar-refractivity contribution in [3.05, 3.63) is 35.4 Å². The lowest BCUT2D eigenvalue weighted by molar-refractivity contribution is -0.119. The van der Waals surface area contributed by atoms with Crippen LogP contribution in [0.3, 0.4) is 0 Å². The first-order chi connectivity index (χ1) is 7.00. The summed E-state index contributed by atoms with van der Waals surface area (Å²) in [6, 6.07) is 7.53. The van der Waals surface area contributed by atoms with Crippen LogP contribution in [0.1, 0.15) is 30.9 Å². The molecule has 0 aliphatic rings. The highest BCUT2D eigenvalue weighted by Gasteiger charge is 2.09. The summed E-state index contributed by atoms with van der Waals surface area (Å²) in [5.74, 6) is 0.0619. The molecule has 0 saturated carbocycles. The topological polar surface area (TPSA) is 69.1 Å². The lowest BCUT2D eigenvalue weighted by Gasteiger charge is -2.09. The first-order valence-electron chi connectivity index (χ1n) is 5.14. The molecule has 1 atom stereocenters. The average molecular weight is 206 g/mol. The Kier molecular flexibility index (Phi) is 3.86. The van der Waals surface area contributed by atoms with Crippen LogP contribution < -0.4 is 11.5 Å². The zero-order chi connectivity index (χ0) is 11.4. The summed E-state index contributed by atoms with van der Waals surface area (Å²) < 4.78 is 0. The fourth-order valence-corrected chi connectivity index (χ4v) is 1.39. The van der Waals surface area contributed by atoms with E-state index in [1.165, 1.54) is 5.56 Å². The van der Waals surface area contributed by atoms with Gasteiger partial charge in [0.2, 0.25) is 5.91 Å². The van der Waals surface area contributed by atoms with Gasteiger partial charge in [-0.1, -0.05) is 38.1 Å². The molecule has 82 valence electrons. The highest BCUT2D eigenvalue weighted by atomic mass is 16.1. The fourth-order valence-electron chi connectivity index (χ4n) is 1.39. The molecule has 0 fully saturated rings. The maximum absolute atomic E-state index is 10.8. The highest BCUT2D eigenvalue weighted by Crippen LogP contribution is 2.15. The Morgan fingerprint density at radius 1 is 1.27 bits per heavy atom. The van der Waals surface area contributed by atoms with E-state index in [1.54, 1.807) is 0 Å². The molecule has 1 rings (SSSR count). The zero-order valence-corrected chi connectivity index (χ0v) is 9.23. The van der Waals surface area contributed by atoms with Crippen molar-refractivity contribution >= 4 is 5.91 Å². The number of hydrogen-bond donors (Lipinski definition) is 2. The van der Waals surface area contributed by atoms with Crippen molar-refractivity contribution in [1.82, 2.24) is 0 Å². The van der Waals surface area contributed by atoms with E-state index in [1.807, 2.05) is 12.1 Å². The van der Waals surface area contributed by atoms with Gasteiger partial charge < -0.3 is 11.5 Å². The molecule has 0 aliphatic heterocycles. The van der Waals surface area contributed by atoms with Gasteiger partial charge in [-0.15, -0.1) is 0 Å². The predicted molar refractivity (Wildman–Crippen MR) is 61.4 cm³/mol. The smallest absolute Gasteiger partial charge is 0.234 e. The van der Waals surface area contributed by atoms with Gasteiger partial charge in [0.25, 0.3) is 0 Å². The molecule has 0 radical (unpaired) electrons. The van der Waals surface area contributed by atoms with Gasteiger partial charge >= 0.3 is 0 Å². The van der Waals surface area contributed by atoms with E-state index < -0.39 is 11.9 Å². The standard InChI is InChI=1S/C12H18N2O/c1-8(2)10-5-3-9(4-6-10)7-11(13)12(14)15/h3-6,8,11H,7,13H2,1-2H3,(H2,14,15)/t11-/m1/s1. The van der Waals surface area contributed by atoms with Crippen LogP contribution >= 0.6 is 0 Å². The number of nitrogens with two attached hydrogens (primary N) is 2. The van der Waals surface area contributed by atoms with Gasteiger partial charge in [-0.3, -0.25) is 4.79 Å². The molecule has 0 aromatic heterocycles. The first kappa shape index (κ1) is 11.7. The van der Waals surface area contributed by atoms with E-state index in [4.69, 9.17) is 11.5 Å². The summed E-state index contributed by atoms with van der Waals surface area (Å²) in [6.07, 6.45) is 0.508. The molecule has 0 spiro atoms. The minimum atomic E-state index is -0.588. The van der Waals surface area contributed by atoms with Gasteiger partial charge in [0, 0.05) is 0 Å². The largest absolute Gasteiger partial charge is 0.368 e. The first-order valence-corrected chi connectivity index (χ1v) is 5.14. The average Bonchev–Trinajstić information content (AvgIpc) is 2.18. The van der Waals surface area contributed by atoms with E-state index >= 15 is 0 Å². The summed E-state index contributed by atoms with van der Waals surface area (Å²) in [7, 11) is 0. The minimum Gasteiger partial charge on any atom is -0.368 e. The number of benzene rings is 1. The molecule has 0 heterocycles. The second-order valence-electron chi connectivity index (χ2n) is 4.11. The molecule has 1 aromatic carbocycles. The maximum atomic E-state index is 10.8. The Morgan fingerprint density at radius 2 is 1.80 bits per heavy atom. The summed E-state index contributed by atoms with van der Waals surface area (Å²) >= 11 is 0. The van der Waals surface area contributed by atoms with Crippen LogP contribution in [0, 0.1) is 0 Å². The van der Waals surface area contributed by atoms with Crippen LogP contribution in [-0.2, 0) is 11.2 Å². The van der Waals surface area contributed by atoms with Crippen molar-refractivity contribution in [3.63, 3.8) is 0 Å². The molecule has 0 bridgehead atoms. The summed E-state index contributed by atoms with van der Waals surface area (Å²) in [6.45, 7) is 4.29. The molecular weight excluding hydrogens is 188 g/mol. The summed E-state index contributed by atoms with van der Waals surface area (Å²) in [5.41, 5.74) is 13.0. The van der Waals surface area contributed by atoms with E-state index in [0.29, 0.717) is 12.3 Å². The van der Waals surface area contributed by atoms with E-state index in [2.05, 4.69) is 26.0 Å². The Morgan fingerprint density at radius 3 is 2.20 bits per heavy atom. The molecule has 1 amide bonds. The van der Waals surface area contributed by atoms with Crippen LogP contribution in [-0.4, -0.2) is 11.9 Å². The van der Waals surface area contributed by atoms with Gasteiger partial charge in [-0.25, -0.2) is 0 Å². The Hall–Kier alpha value is -1.35. The lowest BCUT2D eigenvalue weighted by Crippen LogP contribution is -2.38. The van der Waals surface area contributed by atoms with Gasteiger partial charge in [-0.05, 0) is 23.5 Å². The second kappa shape index (κ2) is 4.94. The maximum Gasteiger partial charge on any atom is 0.234 e. The van der Waals surface area contributed by atoms with Crippen molar-refractivity contribution in [2.24, 2.45) is 11.5 Å². The number of rotatable bonds is 4. The van der Waals surface area contributed by atoms with Gasteiger partial charge in [0.1, 0.15) is 0 Å². The fraction of sp³-hybridized carbons (Fsp3) is 0.417. The molecule has 0 aliphatic carbocycles. The van der Waals surface area contributed by atoms with Crippen LogP contribution in [0.4, 0.5) is 0 Å². The summed E-state index contributed by atoms with van der Waals surface area (Å²) in [4.78, 5) is 10.8. The van der Waals surface area contributed by atoms with Crippen molar-refractivity contribution in [2.75, 3.05) is 0 Å². The molecular formula is C12H18N2O. The Balaban J connectivity index is 2.68.